The van der Waals surface area contributed by atoms with Crippen molar-refractivity contribution in [2.75, 3.05) is 13.7 Å². The molecule has 0 fully saturated rings. The lowest BCUT2D eigenvalue weighted by Crippen LogP contribution is -2.22. The summed E-state index contributed by atoms with van der Waals surface area (Å²) in [6, 6.07) is 5.06. The number of methoxy groups -OCH3 is 1. The van der Waals surface area contributed by atoms with Crippen molar-refractivity contribution in [1.82, 2.24) is 0 Å². The second-order valence-corrected chi connectivity index (χ2v) is 5.96. The van der Waals surface area contributed by atoms with Gasteiger partial charge in [-0.05, 0) is 51.0 Å². The molecule has 0 aliphatic carbocycles. The molecule has 0 unspecified atom stereocenters. The monoisotopic (exact) mass is 320 g/mol. The number of esters is 2. The van der Waals surface area contributed by atoms with Crippen LogP contribution in [-0.4, -0.2) is 31.3 Å². The minimum Gasteiger partial charge on any atom is -0.494 e. The molecule has 0 aliphatic heterocycles. The molecule has 0 atom stereocenters. The van der Waals surface area contributed by atoms with Gasteiger partial charge < -0.3 is 14.2 Å². The van der Waals surface area contributed by atoms with Crippen LogP contribution in [0, 0.1) is 0 Å². The van der Waals surface area contributed by atoms with Gasteiger partial charge in [0.25, 0.3) is 0 Å². The van der Waals surface area contributed by atoms with E-state index < -0.39 is 17.5 Å². The summed E-state index contributed by atoms with van der Waals surface area (Å²) in [6.45, 7) is 7.93. The van der Waals surface area contributed by atoms with E-state index in [-0.39, 0.29) is 0 Å². The van der Waals surface area contributed by atoms with Crippen LogP contribution in [0.1, 0.15) is 50.0 Å². The van der Waals surface area contributed by atoms with Crippen molar-refractivity contribution >= 4 is 18.0 Å². The third-order valence-corrected chi connectivity index (χ3v) is 2.71. The van der Waals surface area contributed by atoms with Crippen molar-refractivity contribution in [1.29, 1.82) is 0 Å². The van der Waals surface area contributed by atoms with Crippen LogP contribution in [0.15, 0.2) is 24.3 Å². The molecule has 23 heavy (non-hydrogen) atoms. The van der Waals surface area contributed by atoms with Gasteiger partial charge in [-0.15, -0.1) is 0 Å². The van der Waals surface area contributed by atoms with Crippen molar-refractivity contribution < 1.29 is 23.8 Å². The van der Waals surface area contributed by atoms with E-state index in [4.69, 9.17) is 14.2 Å². The second-order valence-electron chi connectivity index (χ2n) is 5.96. The molecule has 5 nitrogen and oxygen atoms in total. The number of carbonyl (C=O) groups excluding carboxylic acids is 2. The van der Waals surface area contributed by atoms with Crippen LogP contribution in [0.3, 0.4) is 0 Å². The van der Waals surface area contributed by atoms with Gasteiger partial charge in [0.2, 0.25) is 0 Å². The first-order valence-corrected chi connectivity index (χ1v) is 7.53. The number of ether oxygens (including phenoxy) is 3. The maximum atomic E-state index is 11.9. The van der Waals surface area contributed by atoms with Gasteiger partial charge in [-0.25, -0.2) is 9.59 Å². The molecule has 126 valence electrons. The van der Waals surface area contributed by atoms with Crippen molar-refractivity contribution in [2.45, 2.75) is 39.7 Å². The van der Waals surface area contributed by atoms with E-state index in [1.165, 1.54) is 19.3 Å². The molecular formula is C18H24O5. The zero-order valence-corrected chi connectivity index (χ0v) is 14.3. The van der Waals surface area contributed by atoms with Crippen molar-refractivity contribution in [2.24, 2.45) is 0 Å². The van der Waals surface area contributed by atoms with Gasteiger partial charge in [0, 0.05) is 6.08 Å². The zero-order chi connectivity index (χ0) is 17.5. The largest absolute Gasteiger partial charge is 0.494 e. The Morgan fingerprint density at radius 3 is 2.48 bits per heavy atom. The Bertz CT molecular complexity index is 582. The summed E-state index contributed by atoms with van der Waals surface area (Å²) in [4.78, 5) is 23.6. The van der Waals surface area contributed by atoms with Crippen LogP contribution in [-0.2, 0) is 14.3 Å². The first kappa shape index (κ1) is 18.7. The molecule has 1 aromatic carbocycles. The molecule has 0 saturated carbocycles. The van der Waals surface area contributed by atoms with Crippen LogP contribution < -0.4 is 4.74 Å². The molecule has 0 saturated heterocycles. The van der Waals surface area contributed by atoms with Gasteiger partial charge >= 0.3 is 11.9 Å². The Labute approximate surface area is 137 Å². The van der Waals surface area contributed by atoms with E-state index in [0.717, 1.165) is 6.42 Å². The summed E-state index contributed by atoms with van der Waals surface area (Å²) in [5.41, 5.74) is 0.331. The molecular weight excluding hydrogens is 296 g/mol. The van der Waals surface area contributed by atoms with E-state index in [1.807, 2.05) is 6.92 Å². The molecule has 0 N–H and O–H groups in total. The van der Waals surface area contributed by atoms with Gasteiger partial charge in [0.15, 0.2) is 0 Å². The quantitative estimate of drug-likeness (QED) is 0.592. The normalized spacial score (nSPS) is 11.3. The Hall–Kier alpha value is -2.30. The molecule has 0 aromatic heterocycles. The van der Waals surface area contributed by atoms with Gasteiger partial charge in [0.05, 0.1) is 19.3 Å². The predicted octanol–water partition coefficient (Wildman–Crippen LogP) is 3.62. The lowest BCUT2D eigenvalue weighted by Gasteiger charge is -2.18. The average Bonchev–Trinajstić information content (AvgIpc) is 2.48. The van der Waals surface area contributed by atoms with Crippen molar-refractivity contribution in [3.8, 4) is 5.75 Å². The second kappa shape index (κ2) is 8.36. The summed E-state index contributed by atoms with van der Waals surface area (Å²) < 4.78 is 15.5. The Morgan fingerprint density at radius 2 is 1.91 bits per heavy atom. The zero-order valence-electron chi connectivity index (χ0n) is 14.3. The Morgan fingerprint density at radius 1 is 1.22 bits per heavy atom. The van der Waals surface area contributed by atoms with Gasteiger partial charge in [0.1, 0.15) is 11.4 Å². The van der Waals surface area contributed by atoms with E-state index in [1.54, 1.807) is 39.0 Å². The molecule has 0 aliphatic rings. The molecule has 1 aromatic rings. The van der Waals surface area contributed by atoms with Crippen LogP contribution in [0.5, 0.6) is 5.75 Å². The van der Waals surface area contributed by atoms with Crippen LogP contribution in [0.25, 0.3) is 6.08 Å². The van der Waals surface area contributed by atoms with Crippen LogP contribution >= 0.6 is 0 Å². The van der Waals surface area contributed by atoms with Crippen molar-refractivity contribution in [3.63, 3.8) is 0 Å². The summed E-state index contributed by atoms with van der Waals surface area (Å²) in [5.74, 6) is -0.378. The highest BCUT2D eigenvalue weighted by atomic mass is 16.6. The minimum atomic E-state index is -0.565. The summed E-state index contributed by atoms with van der Waals surface area (Å²) in [6.07, 6.45) is 3.69. The number of hydrogen-bond acceptors (Lipinski definition) is 5. The number of carbonyl (C=O) groups is 2. The fraction of sp³-hybridized carbons (Fsp3) is 0.444. The lowest BCUT2D eigenvalue weighted by molar-refractivity contribution is -0.148. The molecule has 1 rings (SSSR count). The minimum absolute atomic E-state index is 0.334. The molecule has 5 heteroatoms. The van der Waals surface area contributed by atoms with Crippen LogP contribution in [0.4, 0.5) is 0 Å². The van der Waals surface area contributed by atoms with E-state index in [9.17, 15) is 9.59 Å². The Balaban J connectivity index is 3.00. The van der Waals surface area contributed by atoms with Gasteiger partial charge in [-0.2, -0.15) is 0 Å². The molecule has 0 spiro atoms. The standard InChI is InChI=1S/C18H24O5/c1-6-11-22-14-9-7-13(15(12-14)17(20)21-5)8-10-16(19)23-18(2,3)4/h7-10,12H,6,11H2,1-5H3. The SMILES string of the molecule is CCCOc1ccc(C=CC(=O)OC(C)(C)C)c(C(=O)OC)c1. The average molecular weight is 320 g/mol. The summed E-state index contributed by atoms with van der Waals surface area (Å²) >= 11 is 0. The fourth-order valence-corrected chi connectivity index (χ4v) is 1.77. The number of rotatable bonds is 6. The maximum absolute atomic E-state index is 11.9. The van der Waals surface area contributed by atoms with Gasteiger partial charge in [-0.3, -0.25) is 0 Å². The molecule has 0 amide bonds. The van der Waals surface area contributed by atoms with Gasteiger partial charge in [-0.1, -0.05) is 13.0 Å². The molecule has 0 radical (unpaired) electrons. The van der Waals surface area contributed by atoms with E-state index in [2.05, 4.69) is 0 Å². The van der Waals surface area contributed by atoms with Crippen molar-refractivity contribution in [3.05, 3.63) is 35.4 Å². The highest BCUT2D eigenvalue weighted by Crippen LogP contribution is 2.21. The first-order valence-electron chi connectivity index (χ1n) is 7.53. The highest BCUT2D eigenvalue weighted by molar-refractivity contribution is 5.96. The lowest BCUT2D eigenvalue weighted by atomic mass is 10.1. The molecule has 0 bridgehead atoms. The Kier molecular flexibility index (Phi) is 6.82. The predicted molar refractivity (Wildman–Crippen MR) is 88.4 cm³/mol. The third-order valence-electron chi connectivity index (χ3n) is 2.71. The first-order chi connectivity index (χ1) is 10.8. The summed E-state index contributed by atoms with van der Waals surface area (Å²) in [7, 11) is 1.31. The fourth-order valence-electron chi connectivity index (χ4n) is 1.77. The van der Waals surface area contributed by atoms with E-state index >= 15 is 0 Å². The third kappa shape index (κ3) is 6.55. The topological polar surface area (TPSA) is 61.8 Å². The maximum Gasteiger partial charge on any atom is 0.338 e. The van der Waals surface area contributed by atoms with Crippen LogP contribution in [0.2, 0.25) is 0 Å². The number of hydrogen-bond donors (Lipinski definition) is 0. The molecule has 0 heterocycles. The highest BCUT2D eigenvalue weighted by Gasteiger charge is 2.15. The summed E-state index contributed by atoms with van der Waals surface area (Å²) in [5, 5.41) is 0. The van der Waals surface area contributed by atoms with E-state index in [0.29, 0.717) is 23.5 Å². The smallest absolute Gasteiger partial charge is 0.338 e. The number of benzene rings is 1.